The summed E-state index contributed by atoms with van der Waals surface area (Å²) in [6.07, 6.45) is -0.266. The molecule has 0 heterocycles. The molecule has 90 valence electrons. The smallest absolute Gasteiger partial charge is 0.123 e. The number of hydrogen-bond acceptors (Lipinski definition) is 2. The second-order valence-corrected chi connectivity index (χ2v) is 5.28. The van der Waals surface area contributed by atoms with Crippen molar-refractivity contribution in [2.24, 2.45) is 11.1 Å². The van der Waals surface area contributed by atoms with Crippen molar-refractivity contribution < 1.29 is 9.50 Å². The number of benzene rings is 1. The lowest BCUT2D eigenvalue weighted by atomic mass is 9.83. The highest BCUT2D eigenvalue weighted by molar-refractivity contribution is 5.19. The minimum Gasteiger partial charge on any atom is -0.388 e. The van der Waals surface area contributed by atoms with Gasteiger partial charge in [0.25, 0.3) is 0 Å². The quantitative estimate of drug-likeness (QED) is 0.830. The van der Waals surface area contributed by atoms with Crippen molar-refractivity contribution in [3.05, 3.63) is 35.6 Å². The van der Waals surface area contributed by atoms with E-state index in [1.54, 1.807) is 12.1 Å². The molecule has 0 unspecified atom stereocenters. The van der Waals surface area contributed by atoms with Crippen molar-refractivity contribution in [3.63, 3.8) is 0 Å². The Kier molecular flexibility index (Phi) is 4.05. The van der Waals surface area contributed by atoms with Crippen LogP contribution in [-0.4, -0.2) is 11.1 Å². The van der Waals surface area contributed by atoms with Gasteiger partial charge in [-0.2, -0.15) is 0 Å². The Morgan fingerprint density at radius 2 is 2.00 bits per heavy atom. The van der Waals surface area contributed by atoms with E-state index in [0.717, 1.165) is 0 Å². The zero-order valence-electron chi connectivity index (χ0n) is 10.1. The molecule has 0 spiro atoms. The summed E-state index contributed by atoms with van der Waals surface area (Å²) < 4.78 is 13.0. The number of nitrogens with two attached hydrogens (primary N) is 1. The fourth-order valence-corrected chi connectivity index (χ4v) is 1.44. The fraction of sp³-hybridized carbons (Fsp3) is 0.538. The molecule has 0 bridgehead atoms. The standard InChI is InChI=1S/C13H20FNO/c1-13(2,3)12(15)8-11(16)9-5-4-6-10(14)7-9/h4-7,11-12,16H,8,15H2,1-3H3/t11-,12-/m1/s1. The highest BCUT2D eigenvalue weighted by Crippen LogP contribution is 2.26. The predicted molar refractivity (Wildman–Crippen MR) is 63.4 cm³/mol. The molecule has 0 aliphatic carbocycles. The molecule has 0 saturated carbocycles. The topological polar surface area (TPSA) is 46.2 Å². The third-order valence-corrected chi connectivity index (χ3v) is 2.82. The van der Waals surface area contributed by atoms with Crippen LogP contribution < -0.4 is 5.73 Å². The lowest BCUT2D eigenvalue weighted by Crippen LogP contribution is -2.36. The second kappa shape index (κ2) is 4.93. The van der Waals surface area contributed by atoms with Gasteiger partial charge in [0.15, 0.2) is 0 Å². The lowest BCUT2D eigenvalue weighted by Gasteiger charge is -2.29. The van der Waals surface area contributed by atoms with E-state index < -0.39 is 6.10 Å². The normalized spacial score (nSPS) is 15.9. The number of halogens is 1. The third kappa shape index (κ3) is 3.58. The molecule has 2 nitrogen and oxygen atoms in total. The summed E-state index contributed by atoms with van der Waals surface area (Å²) in [4.78, 5) is 0. The van der Waals surface area contributed by atoms with Crippen molar-refractivity contribution >= 4 is 0 Å². The monoisotopic (exact) mass is 225 g/mol. The summed E-state index contributed by atoms with van der Waals surface area (Å²) in [5.74, 6) is -0.333. The molecule has 2 atom stereocenters. The van der Waals surface area contributed by atoms with Gasteiger partial charge in [0.2, 0.25) is 0 Å². The molecule has 0 aliphatic heterocycles. The van der Waals surface area contributed by atoms with E-state index >= 15 is 0 Å². The molecule has 0 saturated heterocycles. The van der Waals surface area contributed by atoms with Crippen molar-refractivity contribution in [3.8, 4) is 0 Å². The van der Waals surface area contributed by atoms with Crippen molar-refractivity contribution in [1.29, 1.82) is 0 Å². The van der Waals surface area contributed by atoms with Gasteiger partial charge in [-0.1, -0.05) is 32.9 Å². The van der Waals surface area contributed by atoms with E-state index in [1.807, 2.05) is 20.8 Å². The van der Waals surface area contributed by atoms with E-state index in [0.29, 0.717) is 12.0 Å². The molecular weight excluding hydrogens is 205 g/mol. The van der Waals surface area contributed by atoms with Crippen molar-refractivity contribution in [2.45, 2.75) is 39.3 Å². The van der Waals surface area contributed by atoms with E-state index in [4.69, 9.17) is 5.73 Å². The van der Waals surface area contributed by atoms with Crippen LogP contribution in [0.3, 0.4) is 0 Å². The van der Waals surface area contributed by atoms with Crippen LogP contribution in [0.1, 0.15) is 38.9 Å². The van der Waals surface area contributed by atoms with Crippen LogP contribution in [0.2, 0.25) is 0 Å². The van der Waals surface area contributed by atoms with Gasteiger partial charge in [0.05, 0.1) is 6.10 Å². The zero-order chi connectivity index (χ0) is 12.3. The molecule has 3 N–H and O–H groups in total. The highest BCUT2D eigenvalue weighted by Gasteiger charge is 2.23. The number of rotatable bonds is 3. The number of hydrogen-bond donors (Lipinski definition) is 2. The van der Waals surface area contributed by atoms with E-state index in [2.05, 4.69) is 0 Å². The first-order valence-electron chi connectivity index (χ1n) is 5.50. The van der Waals surface area contributed by atoms with Crippen LogP contribution in [0.4, 0.5) is 4.39 Å². The first-order chi connectivity index (χ1) is 7.30. The van der Waals surface area contributed by atoms with Gasteiger partial charge in [0.1, 0.15) is 5.82 Å². The van der Waals surface area contributed by atoms with Crippen LogP contribution in [0.25, 0.3) is 0 Å². The molecule has 1 aromatic rings. The second-order valence-electron chi connectivity index (χ2n) is 5.28. The van der Waals surface area contributed by atoms with Gasteiger partial charge in [-0.25, -0.2) is 4.39 Å². The summed E-state index contributed by atoms with van der Waals surface area (Å²) in [6, 6.07) is 5.89. The summed E-state index contributed by atoms with van der Waals surface area (Å²) in [6.45, 7) is 6.07. The Morgan fingerprint density at radius 1 is 1.38 bits per heavy atom. The maximum atomic E-state index is 13.0. The Bertz CT molecular complexity index is 346. The zero-order valence-corrected chi connectivity index (χ0v) is 10.1. The van der Waals surface area contributed by atoms with E-state index in [9.17, 15) is 9.50 Å². The van der Waals surface area contributed by atoms with E-state index in [-0.39, 0.29) is 17.3 Å². The average Bonchev–Trinajstić information content (AvgIpc) is 2.16. The predicted octanol–water partition coefficient (Wildman–Crippen LogP) is 2.62. The average molecular weight is 225 g/mol. The van der Waals surface area contributed by atoms with Gasteiger partial charge >= 0.3 is 0 Å². The van der Waals surface area contributed by atoms with Crippen LogP contribution in [0.5, 0.6) is 0 Å². The maximum Gasteiger partial charge on any atom is 0.123 e. The van der Waals surface area contributed by atoms with Gasteiger partial charge < -0.3 is 10.8 Å². The van der Waals surface area contributed by atoms with Gasteiger partial charge in [-0.15, -0.1) is 0 Å². The first kappa shape index (κ1) is 13.1. The third-order valence-electron chi connectivity index (χ3n) is 2.82. The van der Waals surface area contributed by atoms with Crippen LogP contribution in [0, 0.1) is 11.2 Å². The van der Waals surface area contributed by atoms with Gasteiger partial charge in [-0.3, -0.25) is 0 Å². The van der Waals surface area contributed by atoms with Crippen LogP contribution >= 0.6 is 0 Å². The Labute approximate surface area is 96.3 Å². The summed E-state index contributed by atoms with van der Waals surface area (Å²) in [5.41, 5.74) is 6.50. The molecule has 0 aliphatic rings. The van der Waals surface area contributed by atoms with Crippen LogP contribution in [0.15, 0.2) is 24.3 Å². The largest absolute Gasteiger partial charge is 0.388 e. The fourth-order valence-electron chi connectivity index (χ4n) is 1.44. The van der Waals surface area contributed by atoms with Crippen LogP contribution in [-0.2, 0) is 0 Å². The molecule has 0 fully saturated rings. The summed E-state index contributed by atoms with van der Waals surface area (Å²) in [7, 11) is 0. The Morgan fingerprint density at radius 3 is 2.50 bits per heavy atom. The van der Waals surface area contributed by atoms with Gasteiger partial charge in [0, 0.05) is 6.04 Å². The Balaban J connectivity index is 2.69. The van der Waals surface area contributed by atoms with Crippen molar-refractivity contribution in [2.75, 3.05) is 0 Å². The first-order valence-corrected chi connectivity index (χ1v) is 5.50. The number of aliphatic hydroxyl groups is 1. The minimum absolute atomic E-state index is 0.0612. The Hall–Kier alpha value is -0.930. The molecular formula is C13H20FNO. The summed E-state index contributed by atoms with van der Waals surface area (Å²) in [5, 5.41) is 9.93. The molecule has 3 heteroatoms. The molecule has 0 aromatic heterocycles. The van der Waals surface area contributed by atoms with Gasteiger partial charge in [-0.05, 0) is 29.5 Å². The molecule has 1 aromatic carbocycles. The highest BCUT2D eigenvalue weighted by atomic mass is 19.1. The van der Waals surface area contributed by atoms with Crippen molar-refractivity contribution in [1.82, 2.24) is 0 Å². The van der Waals surface area contributed by atoms with E-state index in [1.165, 1.54) is 12.1 Å². The SMILES string of the molecule is CC(C)(C)[C@H](N)C[C@@H](O)c1cccc(F)c1. The number of aliphatic hydroxyl groups excluding tert-OH is 1. The summed E-state index contributed by atoms with van der Waals surface area (Å²) >= 11 is 0. The molecule has 1 rings (SSSR count). The minimum atomic E-state index is -0.704. The molecule has 0 radical (unpaired) electrons. The molecule has 0 amide bonds. The maximum absolute atomic E-state index is 13.0. The lowest BCUT2D eigenvalue weighted by molar-refractivity contribution is 0.133. The molecule has 16 heavy (non-hydrogen) atoms.